The Morgan fingerprint density at radius 2 is 2.29 bits per heavy atom. The smallest absolute Gasteiger partial charge is 0.269 e. The third-order valence-electron chi connectivity index (χ3n) is 2.11. The number of hydrogen-bond acceptors (Lipinski definition) is 4. The number of nitrogens with one attached hydrogen (secondary N) is 1. The van der Waals surface area contributed by atoms with Crippen LogP contribution in [0, 0.1) is 6.92 Å². The molecule has 1 heterocycles. The maximum absolute atomic E-state index is 11.6. The van der Waals surface area contributed by atoms with E-state index in [1.165, 1.54) is 0 Å². The monoisotopic (exact) mass is 238 g/mol. The van der Waals surface area contributed by atoms with Crippen LogP contribution < -0.4 is 5.32 Å². The molecule has 1 amide bonds. The molecular formula is C12H18N2O3. The van der Waals surface area contributed by atoms with Crippen LogP contribution in [0.3, 0.4) is 0 Å². The average molecular weight is 238 g/mol. The molecule has 17 heavy (non-hydrogen) atoms. The summed E-state index contributed by atoms with van der Waals surface area (Å²) in [4.78, 5) is 15.8. The lowest BCUT2D eigenvalue weighted by atomic mass is 10.3. The number of amides is 1. The van der Waals surface area contributed by atoms with E-state index in [4.69, 9.17) is 9.84 Å². The number of aryl methyl sites for hydroxylation is 1. The molecule has 2 N–H and O–H groups in total. The number of rotatable bonds is 7. The first-order chi connectivity index (χ1) is 8.24. The molecule has 0 atom stereocenters. The van der Waals surface area contributed by atoms with Gasteiger partial charge in [-0.2, -0.15) is 0 Å². The molecule has 0 radical (unpaired) electrons. The van der Waals surface area contributed by atoms with Gasteiger partial charge in [0, 0.05) is 18.8 Å². The Bertz CT molecular complexity index is 355. The highest BCUT2D eigenvalue weighted by Crippen LogP contribution is 1.97. The van der Waals surface area contributed by atoms with Crippen molar-refractivity contribution in [3.05, 3.63) is 29.6 Å². The summed E-state index contributed by atoms with van der Waals surface area (Å²) in [6, 6.07) is 5.34. The van der Waals surface area contributed by atoms with Crippen LogP contribution in [0.1, 0.15) is 22.6 Å². The van der Waals surface area contributed by atoms with Gasteiger partial charge in [0.2, 0.25) is 0 Å². The molecule has 0 unspecified atom stereocenters. The van der Waals surface area contributed by atoms with Crippen molar-refractivity contribution < 1.29 is 14.6 Å². The fourth-order valence-electron chi connectivity index (χ4n) is 1.30. The predicted octanol–water partition coefficient (Wildman–Crippen LogP) is 0.519. The van der Waals surface area contributed by atoms with Crippen molar-refractivity contribution in [1.29, 1.82) is 0 Å². The minimum atomic E-state index is -0.171. The zero-order valence-electron chi connectivity index (χ0n) is 9.98. The van der Waals surface area contributed by atoms with Gasteiger partial charge >= 0.3 is 0 Å². The summed E-state index contributed by atoms with van der Waals surface area (Å²) in [6.07, 6.45) is 0.720. The third kappa shape index (κ3) is 5.42. The molecule has 0 fully saturated rings. The Labute approximate surface area is 101 Å². The number of aliphatic hydroxyl groups is 1. The van der Waals surface area contributed by atoms with Gasteiger partial charge in [-0.3, -0.25) is 4.79 Å². The van der Waals surface area contributed by atoms with Crippen molar-refractivity contribution in [2.24, 2.45) is 0 Å². The standard InChI is InChI=1S/C12H18N2O3/c1-10-4-2-5-11(14-10)12(16)13-6-3-8-17-9-7-15/h2,4-5,15H,3,6-9H2,1H3,(H,13,16). The van der Waals surface area contributed by atoms with Gasteiger partial charge in [-0.1, -0.05) is 6.07 Å². The van der Waals surface area contributed by atoms with Gasteiger partial charge in [0.25, 0.3) is 5.91 Å². The van der Waals surface area contributed by atoms with E-state index in [9.17, 15) is 4.79 Å². The maximum atomic E-state index is 11.6. The Balaban J connectivity index is 2.21. The van der Waals surface area contributed by atoms with Crippen LogP contribution in [-0.2, 0) is 4.74 Å². The molecule has 5 nitrogen and oxygen atoms in total. The summed E-state index contributed by atoms with van der Waals surface area (Å²) in [5, 5.41) is 11.2. The zero-order valence-corrected chi connectivity index (χ0v) is 9.98. The van der Waals surface area contributed by atoms with Crippen molar-refractivity contribution in [2.45, 2.75) is 13.3 Å². The molecular weight excluding hydrogens is 220 g/mol. The molecule has 1 rings (SSSR count). The quantitative estimate of drug-likeness (QED) is 0.679. The van der Waals surface area contributed by atoms with Gasteiger partial charge in [0.1, 0.15) is 5.69 Å². The van der Waals surface area contributed by atoms with Crippen molar-refractivity contribution in [2.75, 3.05) is 26.4 Å². The zero-order chi connectivity index (χ0) is 12.5. The molecule has 1 aromatic rings. The number of hydrogen-bond donors (Lipinski definition) is 2. The summed E-state index contributed by atoms with van der Waals surface area (Å²) in [7, 11) is 0. The van der Waals surface area contributed by atoms with E-state index in [0.717, 1.165) is 12.1 Å². The lowest BCUT2D eigenvalue weighted by molar-refractivity contribution is 0.0865. The van der Waals surface area contributed by atoms with Crippen molar-refractivity contribution >= 4 is 5.91 Å². The first-order valence-electron chi connectivity index (χ1n) is 5.64. The topological polar surface area (TPSA) is 71.5 Å². The Morgan fingerprint density at radius 3 is 3.00 bits per heavy atom. The lowest BCUT2D eigenvalue weighted by Crippen LogP contribution is -2.26. The molecule has 0 aliphatic rings. The highest BCUT2D eigenvalue weighted by atomic mass is 16.5. The highest BCUT2D eigenvalue weighted by molar-refractivity contribution is 5.92. The molecule has 94 valence electrons. The number of aromatic nitrogens is 1. The summed E-state index contributed by atoms with van der Waals surface area (Å²) in [5.74, 6) is -0.171. The largest absolute Gasteiger partial charge is 0.394 e. The predicted molar refractivity (Wildman–Crippen MR) is 63.8 cm³/mol. The van der Waals surface area contributed by atoms with Gasteiger partial charge in [-0.15, -0.1) is 0 Å². The van der Waals surface area contributed by atoms with E-state index in [-0.39, 0.29) is 12.5 Å². The number of ether oxygens (including phenoxy) is 1. The van der Waals surface area contributed by atoms with Crippen LogP contribution in [0.15, 0.2) is 18.2 Å². The summed E-state index contributed by atoms with van der Waals surface area (Å²) in [5.41, 5.74) is 1.25. The normalized spacial score (nSPS) is 10.2. The lowest BCUT2D eigenvalue weighted by Gasteiger charge is -2.05. The molecule has 0 aliphatic heterocycles. The molecule has 0 saturated carbocycles. The van der Waals surface area contributed by atoms with Crippen LogP contribution in [0.2, 0.25) is 0 Å². The number of aliphatic hydroxyl groups excluding tert-OH is 1. The third-order valence-corrected chi connectivity index (χ3v) is 2.11. The van der Waals surface area contributed by atoms with Crippen molar-refractivity contribution in [3.63, 3.8) is 0 Å². The minimum absolute atomic E-state index is 0.0274. The van der Waals surface area contributed by atoms with E-state index >= 15 is 0 Å². The summed E-state index contributed by atoms with van der Waals surface area (Å²) in [6.45, 7) is 3.29. The molecule has 0 bridgehead atoms. The summed E-state index contributed by atoms with van der Waals surface area (Å²) >= 11 is 0. The number of pyridine rings is 1. The van der Waals surface area contributed by atoms with E-state index in [1.54, 1.807) is 6.07 Å². The van der Waals surface area contributed by atoms with E-state index in [2.05, 4.69) is 10.3 Å². The molecule has 5 heteroatoms. The Hall–Kier alpha value is -1.46. The van der Waals surface area contributed by atoms with Gasteiger partial charge in [-0.25, -0.2) is 4.98 Å². The minimum Gasteiger partial charge on any atom is -0.394 e. The van der Waals surface area contributed by atoms with Crippen LogP contribution in [0.4, 0.5) is 0 Å². The van der Waals surface area contributed by atoms with E-state index < -0.39 is 0 Å². The van der Waals surface area contributed by atoms with E-state index in [0.29, 0.717) is 25.5 Å². The molecule has 0 spiro atoms. The maximum Gasteiger partial charge on any atom is 0.269 e. The SMILES string of the molecule is Cc1cccc(C(=O)NCCCOCCO)n1. The van der Waals surface area contributed by atoms with Crippen LogP contribution in [0.5, 0.6) is 0 Å². The first kappa shape index (κ1) is 13.6. The first-order valence-corrected chi connectivity index (χ1v) is 5.64. The highest BCUT2D eigenvalue weighted by Gasteiger charge is 2.05. The number of nitrogens with zero attached hydrogens (tertiary/aromatic N) is 1. The van der Waals surface area contributed by atoms with Crippen LogP contribution >= 0.6 is 0 Å². The fourth-order valence-corrected chi connectivity index (χ4v) is 1.30. The average Bonchev–Trinajstić information content (AvgIpc) is 2.33. The van der Waals surface area contributed by atoms with Gasteiger partial charge in [0.05, 0.1) is 13.2 Å². The van der Waals surface area contributed by atoms with Gasteiger partial charge < -0.3 is 15.2 Å². The second-order valence-corrected chi connectivity index (χ2v) is 3.61. The van der Waals surface area contributed by atoms with E-state index in [1.807, 2.05) is 19.1 Å². The second kappa shape index (κ2) is 7.76. The number of carbonyl (C=O) groups excluding carboxylic acids is 1. The van der Waals surface area contributed by atoms with Crippen LogP contribution in [0.25, 0.3) is 0 Å². The van der Waals surface area contributed by atoms with Crippen molar-refractivity contribution in [1.82, 2.24) is 10.3 Å². The van der Waals surface area contributed by atoms with Gasteiger partial charge in [-0.05, 0) is 25.5 Å². The summed E-state index contributed by atoms with van der Waals surface area (Å²) < 4.78 is 5.07. The molecule has 1 aromatic heterocycles. The van der Waals surface area contributed by atoms with Crippen molar-refractivity contribution in [3.8, 4) is 0 Å². The molecule has 0 aliphatic carbocycles. The Kier molecular flexibility index (Phi) is 6.21. The molecule has 0 aromatic carbocycles. The second-order valence-electron chi connectivity index (χ2n) is 3.61. The number of carbonyl (C=O) groups is 1. The van der Waals surface area contributed by atoms with Gasteiger partial charge in [0.15, 0.2) is 0 Å². The fraction of sp³-hybridized carbons (Fsp3) is 0.500. The Morgan fingerprint density at radius 1 is 1.47 bits per heavy atom. The van der Waals surface area contributed by atoms with Crippen LogP contribution in [-0.4, -0.2) is 42.4 Å². The molecule has 0 saturated heterocycles.